The van der Waals surface area contributed by atoms with Gasteiger partial charge in [0.2, 0.25) is 10.0 Å². The summed E-state index contributed by atoms with van der Waals surface area (Å²) >= 11 is 13.7. The van der Waals surface area contributed by atoms with E-state index in [0.29, 0.717) is 41.7 Å². The van der Waals surface area contributed by atoms with Gasteiger partial charge < -0.3 is 9.47 Å². The Morgan fingerprint density at radius 2 is 1.87 bits per heavy atom. The van der Waals surface area contributed by atoms with Crippen molar-refractivity contribution in [3.63, 3.8) is 0 Å². The van der Waals surface area contributed by atoms with Gasteiger partial charge in [0.05, 0.1) is 22.3 Å². The van der Waals surface area contributed by atoms with Crippen molar-refractivity contribution in [3.8, 4) is 10.9 Å². The molecule has 0 saturated carbocycles. The average molecular weight is 487 g/mol. The molecule has 160 valence electrons. The summed E-state index contributed by atoms with van der Waals surface area (Å²) in [7, 11) is -2.07. The summed E-state index contributed by atoms with van der Waals surface area (Å²) in [5.41, 5.74) is 1.52. The fraction of sp³-hybridized carbons (Fsp3) is 0.350. The van der Waals surface area contributed by atoms with Gasteiger partial charge >= 0.3 is 0 Å². The molecule has 0 N–H and O–H groups in total. The lowest BCUT2D eigenvalue weighted by Crippen LogP contribution is -2.41. The Morgan fingerprint density at radius 3 is 2.57 bits per heavy atom. The van der Waals surface area contributed by atoms with E-state index in [1.165, 1.54) is 27.8 Å². The summed E-state index contributed by atoms with van der Waals surface area (Å²) < 4.78 is 39.8. The van der Waals surface area contributed by atoms with Crippen LogP contribution in [-0.4, -0.2) is 44.0 Å². The lowest BCUT2D eigenvalue weighted by molar-refractivity contribution is 0.135. The van der Waals surface area contributed by atoms with Gasteiger partial charge in [0.25, 0.3) is 5.19 Å². The van der Waals surface area contributed by atoms with Crippen molar-refractivity contribution in [1.29, 1.82) is 0 Å². The molecule has 1 saturated heterocycles. The summed E-state index contributed by atoms with van der Waals surface area (Å²) in [4.78, 5) is 4.59. The van der Waals surface area contributed by atoms with Crippen molar-refractivity contribution in [1.82, 2.24) is 9.29 Å². The first-order valence-corrected chi connectivity index (χ1v) is 12.4. The second kappa shape index (κ2) is 8.51. The monoisotopic (exact) mass is 486 g/mol. The van der Waals surface area contributed by atoms with Crippen molar-refractivity contribution in [2.75, 3.05) is 20.2 Å². The van der Waals surface area contributed by atoms with E-state index >= 15 is 0 Å². The minimum atomic E-state index is -3.70. The van der Waals surface area contributed by atoms with E-state index in [1.807, 2.05) is 18.2 Å². The summed E-state index contributed by atoms with van der Waals surface area (Å²) in [5.74, 6) is 0.771. The van der Waals surface area contributed by atoms with Crippen LogP contribution in [-0.2, 0) is 10.0 Å². The number of rotatable bonds is 5. The lowest BCUT2D eigenvalue weighted by atomic mass is 10.1. The van der Waals surface area contributed by atoms with Gasteiger partial charge in [-0.15, -0.1) is 0 Å². The average Bonchev–Trinajstić information content (AvgIpc) is 3.12. The van der Waals surface area contributed by atoms with E-state index in [9.17, 15) is 8.42 Å². The second-order valence-corrected chi connectivity index (χ2v) is 10.8. The van der Waals surface area contributed by atoms with Crippen LogP contribution in [0.1, 0.15) is 18.4 Å². The van der Waals surface area contributed by atoms with Gasteiger partial charge in [-0.1, -0.05) is 34.5 Å². The fourth-order valence-electron chi connectivity index (χ4n) is 3.36. The molecule has 2 heterocycles. The second-order valence-electron chi connectivity index (χ2n) is 7.07. The van der Waals surface area contributed by atoms with Crippen LogP contribution in [0.2, 0.25) is 10.0 Å². The molecule has 0 unspecified atom stereocenters. The van der Waals surface area contributed by atoms with Crippen molar-refractivity contribution in [3.05, 3.63) is 45.9 Å². The number of aryl methyl sites for hydroxylation is 1. The van der Waals surface area contributed by atoms with Crippen LogP contribution in [0.3, 0.4) is 0 Å². The molecule has 1 aliphatic rings. The number of nitrogens with zero attached hydrogens (tertiary/aromatic N) is 2. The van der Waals surface area contributed by atoms with Crippen LogP contribution in [0.15, 0.2) is 35.2 Å². The molecular formula is C20H20Cl2N2O4S2. The molecule has 2 aromatic carbocycles. The van der Waals surface area contributed by atoms with Crippen LogP contribution >= 0.6 is 34.5 Å². The van der Waals surface area contributed by atoms with E-state index in [2.05, 4.69) is 4.98 Å². The summed E-state index contributed by atoms with van der Waals surface area (Å²) in [6, 6.07) is 8.68. The third-order valence-electron chi connectivity index (χ3n) is 5.08. The van der Waals surface area contributed by atoms with Gasteiger partial charge in [0.1, 0.15) is 16.7 Å². The molecule has 1 fully saturated rings. The van der Waals surface area contributed by atoms with E-state index in [4.69, 9.17) is 32.7 Å². The molecule has 30 heavy (non-hydrogen) atoms. The molecule has 0 aliphatic carbocycles. The summed E-state index contributed by atoms with van der Waals surface area (Å²) in [6.07, 6.45) is 1.05. The molecule has 6 nitrogen and oxygen atoms in total. The first kappa shape index (κ1) is 21.6. The molecule has 0 bridgehead atoms. The maximum absolute atomic E-state index is 13.0. The van der Waals surface area contributed by atoms with Gasteiger partial charge in [-0.2, -0.15) is 4.31 Å². The zero-order valence-electron chi connectivity index (χ0n) is 16.4. The Morgan fingerprint density at radius 1 is 1.13 bits per heavy atom. The fourth-order valence-corrected chi connectivity index (χ4v) is 6.55. The zero-order valence-corrected chi connectivity index (χ0v) is 19.5. The van der Waals surface area contributed by atoms with E-state index < -0.39 is 10.0 Å². The highest BCUT2D eigenvalue weighted by Crippen LogP contribution is 2.34. The Kier molecular flexibility index (Phi) is 6.14. The molecule has 0 spiro atoms. The van der Waals surface area contributed by atoms with Crippen molar-refractivity contribution in [2.45, 2.75) is 30.8 Å². The normalized spacial score (nSPS) is 16.1. The van der Waals surface area contributed by atoms with Gasteiger partial charge in [0, 0.05) is 18.1 Å². The minimum Gasteiger partial charge on any atom is -0.497 e. The molecule has 3 aromatic rings. The van der Waals surface area contributed by atoms with Crippen molar-refractivity contribution < 1.29 is 17.9 Å². The highest BCUT2D eigenvalue weighted by molar-refractivity contribution is 7.89. The van der Waals surface area contributed by atoms with Crippen LogP contribution in [0.4, 0.5) is 0 Å². The molecule has 4 rings (SSSR count). The predicted octanol–water partition coefficient (Wildman–Crippen LogP) is 5.15. The molecular weight excluding hydrogens is 467 g/mol. The molecule has 1 aromatic heterocycles. The molecule has 1 aliphatic heterocycles. The molecule has 0 amide bonds. The number of benzene rings is 2. The van der Waals surface area contributed by atoms with Crippen LogP contribution in [0, 0.1) is 6.92 Å². The number of methoxy groups -OCH3 is 1. The number of piperidine rings is 1. The molecule has 0 radical (unpaired) electrons. The number of thiazole rings is 1. The van der Waals surface area contributed by atoms with Gasteiger partial charge in [-0.05, 0) is 55.7 Å². The number of ether oxygens (including phenoxy) is 2. The minimum absolute atomic E-state index is 0.0885. The quantitative estimate of drug-likeness (QED) is 0.498. The van der Waals surface area contributed by atoms with E-state index in [0.717, 1.165) is 16.0 Å². The first-order valence-electron chi connectivity index (χ1n) is 9.35. The zero-order chi connectivity index (χ0) is 21.5. The standard InChI is InChI=1S/C20H20Cl2N2O4S2/c1-12-9-19(16(22)11-15(12)21)30(25,26)24-7-5-13(6-8-24)28-20-23-17-4-3-14(27-2)10-18(17)29-20/h3-4,9-11,13H,5-8H2,1-2H3. The summed E-state index contributed by atoms with van der Waals surface area (Å²) in [6.45, 7) is 2.46. The maximum atomic E-state index is 13.0. The SMILES string of the molecule is COc1ccc2nc(OC3CCN(S(=O)(=O)c4cc(C)c(Cl)cc4Cl)CC3)sc2c1. The number of halogens is 2. The number of fused-ring (bicyclic) bond motifs is 1. The van der Waals surface area contributed by atoms with Crippen LogP contribution in [0.25, 0.3) is 10.2 Å². The Hall–Kier alpha value is -1.58. The van der Waals surface area contributed by atoms with Gasteiger partial charge in [0.15, 0.2) is 0 Å². The smallest absolute Gasteiger partial charge is 0.274 e. The van der Waals surface area contributed by atoms with Crippen molar-refractivity contribution in [2.24, 2.45) is 0 Å². The maximum Gasteiger partial charge on any atom is 0.274 e. The number of hydrogen-bond acceptors (Lipinski definition) is 6. The van der Waals surface area contributed by atoms with Gasteiger partial charge in [-0.25, -0.2) is 13.4 Å². The lowest BCUT2D eigenvalue weighted by Gasteiger charge is -2.31. The van der Waals surface area contributed by atoms with Crippen LogP contribution in [0.5, 0.6) is 10.9 Å². The highest BCUT2D eigenvalue weighted by Gasteiger charge is 2.32. The number of aromatic nitrogens is 1. The molecule has 0 atom stereocenters. The third kappa shape index (κ3) is 4.24. The Labute approximate surface area is 189 Å². The van der Waals surface area contributed by atoms with Gasteiger partial charge in [-0.3, -0.25) is 0 Å². The first-order chi connectivity index (χ1) is 14.3. The largest absolute Gasteiger partial charge is 0.497 e. The van der Waals surface area contributed by atoms with E-state index in [-0.39, 0.29) is 16.0 Å². The topological polar surface area (TPSA) is 68.7 Å². The number of hydrogen-bond donors (Lipinski definition) is 0. The van der Waals surface area contributed by atoms with Crippen LogP contribution < -0.4 is 9.47 Å². The van der Waals surface area contributed by atoms with E-state index in [1.54, 1.807) is 14.0 Å². The molecule has 10 heteroatoms. The Bertz CT molecular complexity index is 1190. The predicted molar refractivity (Wildman–Crippen MR) is 120 cm³/mol. The highest BCUT2D eigenvalue weighted by atomic mass is 35.5. The number of sulfonamides is 1. The third-order valence-corrected chi connectivity index (χ3v) is 8.75. The van der Waals surface area contributed by atoms with Crippen molar-refractivity contribution >= 4 is 54.8 Å². The Balaban J connectivity index is 1.44. The summed E-state index contributed by atoms with van der Waals surface area (Å²) in [5, 5.41) is 1.16.